The Balaban J connectivity index is 1.10. The lowest BCUT2D eigenvalue weighted by Crippen LogP contribution is -2.42. The Labute approximate surface area is 215 Å². The summed E-state index contributed by atoms with van der Waals surface area (Å²) in [6, 6.07) is 7.07. The van der Waals surface area contributed by atoms with Crippen molar-refractivity contribution in [3.05, 3.63) is 70.8 Å². The summed E-state index contributed by atoms with van der Waals surface area (Å²) < 4.78 is 25.6. The molecule has 3 heterocycles. The van der Waals surface area contributed by atoms with Crippen LogP contribution in [-0.2, 0) is 19.6 Å². The average molecular weight is 510 g/mol. The summed E-state index contributed by atoms with van der Waals surface area (Å²) in [5.74, 6) is 0.761. The predicted molar refractivity (Wildman–Crippen MR) is 135 cm³/mol. The lowest BCUT2D eigenvalue weighted by molar-refractivity contribution is 0.0841. The molecule has 5 rings (SSSR count). The first-order chi connectivity index (χ1) is 17.9. The molecule has 10 heteroatoms. The number of hydrogen-bond donors (Lipinski definition) is 3. The van der Waals surface area contributed by atoms with Gasteiger partial charge in [0.25, 0.3) is 5.91 Å². The second kappa shape index (κ2) is 11.3. The molecule has 1 unspecified atom stereocenters. The van der Waals surface area contributed by atoms with Crippen molar-refractivity contribution < 1.29 is 23.4 Å². The van der Waals surface area contributed by atoms with Gasteiger partial charge in [0.2, 0.25) is 0 Å². The minimum Gasteiger partial charge on any atom is -0.482 e. The Kier molecular flexibility index (Phi) is 7.66. The summed E-state index contributed by atoms with van der Waals surface area (Å²) in [6.45, 7) is 3.64. The van der Waals surface area contributed by atoms with Crippen LogP contribution in [0.5, 0.6) is 5.75 Å². The van der Waals surface area contributed by atoms with Crippen molar-refractivity contribution in [2.75, 3.05) is 25.0 Å². The first-order valence-electron chi connectivity index (χ1n) is 12.7. The fraction of sp³-hybridized carbons (Fsp3) is 0.444. The largest absolute Gasteiger partial charge is 0.482 e. The number of aliphatic hydroxyl groups excluding tert-OH is 1. The smallest absolute Gasteiger partial charge is 0.251 e. The van der Waals surface area contributed by atoms with Crippen molar-refractivity contribution in [2.24, 2.45) is 0 Å². The van der Waals surface area contributed by atoms with Crippen molar-refractivity contribution in [1.82, 2.24) is 20.2 Å². The fourth-order valence-electron chi connectivity index (χ4n) is 4.58. The number of ether oxygens (including phenoxy) is 1. The molecule has 9 nitrogen and oxygen atoms in total. The van der Waals surface area contributed by atoms with Crippen molar-refractivity contribution in [2.45, 2.75) is 57.9 Å². The van der Waals surface area contributed by atoms with E-state index in [2.05, 4.69) is 25.5 Å². The van der Waals surface area contributed by atoms with E-state index in [1.807, 2.05) is 6.92 Å². The molecule has 1 aromatic carbocycles. The van der Waals surface area contributed by atoms with Gasteiger partial charge in [0.1, 0.15) is 12.4 Å². The Hall–Kier alpha value is -3.50. The standard InChI is InChI=1S/C27H32FN5O4/c1-17-25(37-16-31-17)15-36-24-10-18-6-8-33(13-20(18)9-23(24)28)14-22(34)12-30-27(35)19-5-7-29-26(11-19)32-21-3-2-4-21/h5,7,9-11,16,21-22,34H,2-4,6,8,12-15H2,1H3,(H,29,32)(H,30,35). The number of hydrogen-bond acceptors (Lipinski definition) is 8. The van der Waals surface area contributed by atoms with E-state index in [0.29, 0.717) is 49.2 Å². The van der Waals surface area contributed by atoms with E-state index in [1.54, 1.807) is 24.4 Å². The molecule has 1 fully saturated rings. The highest BCUT2D eigenvalue weighted by atomic mass is 19.1. The monoisotopic (exact) mass is 509 g/mol. The fourth-order valence-corrected chi connectivity index (χ4v) is 4.58. The number of fused-ring (bicyclic) bond motifs is 1. The number of carbonyl (C=O) groups is 1. The molecule has 1 aliphatic heterocycles. The maximum atomic E-state index is 14.7. The SMILES string of the molecule is Cc1ncoc1COc1cc2c(cc1F)CN(CC(O)CNC(=O)c1ccnc(NC3CCC3)c1)CC2. The van der Waals surface area contributed by atoms with Crippen LogP contribution in [0.3, 0.4) is 0 Å². The predicted octanol–water partition coefficient (Wildman–Crippen LogP) is 3.21. The molecule has 2 aromatic heterocycles. The van der Waals surface area contributed by atoms with E-state index in [4.69, 9.17) is 9.15 Å². The molecule has 1 saturated carbocycles. The number of rotatable bonds is 10. The van der Waals surface area contributed by atoms with Crippen molar-refractivity contribution in [3.8, 4) is 5.75 Å². The number of β-amino-alcohol motifs (C(OH)–C–C–N with tert-alkyl or cyclic N) is 1. The number of aromatic nitrogens is 2. The molecule has 0 saturated heterocycles. The third-order valence-corrected chi connectivity index (χ3v) is 7.00. The molecule has 1 aliphatic carbocycles. The van der Waals surface area contributed by atoms with Gasteiger partial charge >= 0.3 is 0 Å². The Morgan fingerprint density at radius 2 is 2.16 bits per heavy atom. The highest BCUT2D eigenvalue weighted by Gasteiger charge is 2.22. The van der Waals surface area contributed by atoms with E-state index in [-0.39, 0.29) is 24.8 Å². The second-order valence-corrected chi connectivity index (χ2v) is 9.75. The molecule has 37 heavy (non-hydrogen) atoms. The summed E-state index contributed by atoms with van der Waals surface area (Å²) in [4.78, 5) is 22.9. The van der Waals surface area contributed by atoms with Gasteiger partial charge in [-0.25, -0.2) is 14.4 Å². The molecule has 196 valence electrons. The molecule has 2 aliphatic rings. The van der Waals surface area contributed by atoms with E-state index < -0.39 is 11.9 Å². The number of nitrogens with one attached hydrogen (secondary N) is 2. The molecule has 3 aromatic rings. The van der Waals surface area contributed by atoms with Gasteiger partial charge in [-0.15, -0.1) is 0 Å². The number of aryl methyl sites for hydroxylation is 1. The Bertz CT molecular complexity index is 1250. The van der Waals surface area contributed by atoms with Crippen molar-refractivity contribution >= 4 is 11.7 Å². The normalized spacial score (nSPS) is 16.5. The van der Waals surface area contributed by atoms with Crippen LogP contribution in [-0.4, -0.2) is 57.7 Å². The quantitative estimate of drug-likeness (QED) is 0.382. The minimum absolute atomic E-state index is 0.114. The number of oxazole rings is 1. The summed E-state index contributed by atoms with van der Waals surface area (Å²) in [7, 11) is 0. The van der Waals surface area contributed by atoms with Gasteiger partial charge in [0.15, 0.2) is 23.7 Å². The number of halogens is 1. The van der Waals surface area contributed by atoms with Gasteiger partial charge in [0.05, 0.1) is 11.8 Å². The van der Waals surface area contributed by atoms with Crippen LogP contribution in [0.1, 0.15) is 52.2 Å². The van der Waals surface area contributed by atoms with E-state index in [9.17, 15) is 14.3 Å². The Morgan fingerprint density at radius 1 is 1.30 bits per heavy atom. The first kappa shape index (κ1) is 25.2. The van der Waals surface area contributed by atoms with E-state index in [1.165, 1.54) is 18.9 Å². The topological polar surface area (TPSA) is 113 Å². The van der Waals surface area contributed by atoms with Gasteiger partial charge in [0, 0.05) is 44.0 Å². The molecule has 3 N–H and O–H groups in total. The van der Waals surface area contributed by atoms with E-state index >= 15 is 0 Å². The van der Waals surface area contributed by atoms with Crippen LogP contribution in [0.15, 0.2) is 41.3 Å². The van der Waals surface area contributed by atoms with Crippen LogP contribution >= 0.6 is 0 Å². The van der Waals surface area contributed by atoms with Crippen molar-refractivity contribution in [1.29, 1.82) is 0 Å². The lowest BCUT2D eigenvalue weighted by atomic mass is 9.93. The number of nitrogens with zero attached hydrogens (tertiary/aromatic N) is 3. The van der Waals surface area contributed by atoms with Gasteiger partial charge < -0.3 is 24.9 Å². The van der Waals surface area contributed by atoms with Gasteiger partial charge in [-0.2, -0.15) is 0 Å². The Morgan fingerprint density at radius 3 is 2.92 bits per heavy atom. The maximum absolute atomic E-state index is 14.7. The molecule has 1 amide bonds. The number of aliphatic hydroxyl groups is 1. The lowest BCUT2D eigenvalue weighted by Gasteiger charge is -2.30. The highest BCUT2D eigenvalue weighted by molar-refractivity contribution is 5.94. The molecular formula is C27H32FN5O4. The molecular weight excluding hydrogens is 477 g/mol. The number of pyridine rings is 1. The van der Waals surface area contributed by atoms with Crippen molar-refractivity contribution in [3.63, 3.8) is 0 Å². The van der Waals surface area contributed by atoms with Gasteiger partial charge in [-0.3, -0.25) is 9.69 Å². The van der Waals surface area contributed by atoms with Gasteiger partial charge in [-0.1, -0.05) is 0 Å². The van der Waals surface area contributed by atoms with Crippen LogP contribution in [0, 0.1) is 12.7 Å². The van der Waals surface area contributed by atoms with E-state index in [0.717, 1.165) is 29.7 Å². The summed E-state index contributed by atoms with van der Waals surface area (Å²) in [5.41, 5.74) is 3.11. The average Bonchev–Trinajstić information content (AvgIpc) is 3.28. The third kappa shape index (κ3) is 6.26. The third-order valence-electron chi connectivity index (χ3n) is 7.00. The van der Waals surface area contributed by atoms with Gasteiger partial charge in [-0.05, 0) is 68.0 Å². The van der Waals surface area contributed by atoms with Crippen LogP contribution < -0.4 is 15.4 Å². The second-order valence-electron chi connectivity index (χ2n) is 9.75. The summed E-state index contributed by atoms with van der Waals surface area (Å²) in [5, 5.41) is 16.7. The first-order valence-corrected chi connectivity index (χ1v) is 12.7. The number of carbonyl (C=O) groups excluding carboxylic acids is 1. The minimum atomic E-state index is -0.752. The zero-order chi connectivity index (χ0) is 25.8. The number of anilines is 1. The van der Waals surface area contributed by atoms with Crippen LogP contribution in [0.4, 0.5) is 10.2 Å². The van der Waals surface area contributed by atoms with Crippen LogP contribution in [0.25, 0.3) is 0 Å². The summed E-state index contributed by atoms with van der Waals surface area (Å²) >= 11 is 0. The molecule has 1 atom stereocenters. The zero-order valence-electron chi connectivity index (χ0n) is 20.9. The molecule has 0 bridgehead atoms. The highest BCUT2D eigenvalue weighted by Crippen LogP contribution is 2.28. The molecule has 0 radical (unpaired) electrons. The number of amides is 1. The molecule has 0 spiro atoms. The summed E-state index contributed by atoms with van der Waals surface area (Å²) in [6.07, 6.45) is 6.37. The maximum Gasteiger partial charge on any atom is 0.251 e. The zero-order valence-corrected chi connectivity index (χ0v) is 20.9. The van der Waals surface area contributed by atoms with Crippen LogP contribution in [0.2, 0.25) is 0 Å². The number of benzene rings is 1.